The highest BCUT2D eigenvalue weighted by Gasteiger charge is 1.99. The summed E-state index contributed by atoms with van der Waals surface area (Å²) >= 11 is 0. The Bertz CT molecular complexity index is 615. The van der Waals surface area contributed by atoms with Crippen LogP contribution in [0.3, 0.4) is 0 Å². The normalized spacial score (nSPS) is 10.5. The van der Waals surface area contributed by atoms with E-state index in [0.29, 0.717) is 12.3 Å². The number of hydrogen-bond acceptors (Lipinski definition) is 3. The van der Waals surface area contributed by atoms with E-state index in [4.69, 9.17) is 4.74 Å². The van der Waals surface area contributed by atoms with E-state index in [0.717, 1.165) is 11.3 Å². The zero-order valence-electron chi connectivity index (χ0n) is 11.7. The highest BCUT2D eigenvalue weighted by molar-refractivity contribution is 6.01. The van der Waals surface area contributed by atoms with E-state index >= 15 is 0 Å². The van der Waals surface area contributed by atoms with Gasteiger partial charge in [-0.25, -0.2) is 0 Å². The highest BCUT2D eigenvalue weighted by atomic mass is 16.5. The van der Waals surface area contributed by atoms with Gasteiger partial charge in [0.2, 0.25) is 5.91 Å². The van der Waals surface area contributed by atoms with Crippen molar-refractivity contribution in [3.63, 3.8) is 0 Å². The molecule has 2 N–H and O–H groups in total. The van der Waals surface area contributed by atoms with Crippen LogP contribution in [-0.4, -0.2) is 17.6 Å². The van der Waals surface area contributed by atoms with Gasteiger partial charge in [-0.1, -0.05) is 12.1 Å². The fourth-order valence-corrected chi connectivity index (χ4v) is 1.74. The molecule has 0 saturated heterocycles. The molecule has 0 bridgehead atoms. The van der Waals surface area contributed by atoms with Gasteiger partial charge in [0, 0.05) is 11.8 Å². The van der Waals surface area contributed by atoms with Crippen molar-refractivity contribution in [2.45, 2.75) is 6.92 Å². The second-order valence-corrected chi connectivity index (χ2v) is 4.37. The number of ether oxygens (including phenoxy) is 1. The quantitative estimate of drug-likeness (QED) is 0.826. The predicted molar refractivity (Wildman–Crippen MR) is 83.4 cm³/mol. The van der Waals surface area contributed by atoms with Gasteiger partial charge in [-0.15, -0.1) is 0 Å². The monoisotopic (exact) mass is 283 g/mol. The SMILES string of the molecule is CCOc1ccc(NC(=O)C=Cc2ccc(O)cc2)cc1. The lowest BCUT2D eigenvalue weighted by Gasteiger charge is -2.05. The van der Waals surface area contributed by atoms with Gasteiger partial charge >= 0.3 is 0 Å². The molecule has 2 aromatic rings. The molecule has 0 aliphatic carbocycles. The van der Waals surface area contributed by atoms with Crippen molar-refractivity contribution in [1.29, 1.82) is 0 Å². The molecule has 0 atom stereocenters. The molecule has 4 heteroatoms. The smallest absolute Gasteiger partial charge is 0.248 e. The van der Waals surface area contributed by atoms with Gasteiger partial charge in [0.15, 0.2) is 0 Å². The van der Waals surface area contributed by atoms with Crippen LogP contribution in [0, 0.1) is 0 Å². The van der Waals surface area contributed by atoms with Crippen molar-refractivity contribution < 1.29 is 14.6 Å². The van der Waals surface area contributed by atoms with E-state index in [1.54, 1.807) is 42.5 Å². The molecule has 4 nitrogen and oxygen atoms in total. The van der Waals surface area contributed by atoms with E-state index in [1.165, 1.54) is 6.08 Å². The fourth-order valence-electron chi connectivity index (χ4n) is 1.74. The number of carbonyl (C=O) groups is 1. The van der Waals surface area contributed by atoms with E-state index in [9.17, 15) is 9.90 Å². The van der Waals surface area contributed by atoms with Crippen LogP contribution in [0.4, 0.5) is 5.69 Å². The minimum Gasteiger partial charge on any atom is -0.508 e. The Hall–Kier alpha value is -2.75. The van der Waals surface area contributed by atoms with Crippen LogP contribution in [0.15, 0.2) is 54.6 Å². The Kier molecular flexibility index (Phi) is 4.99. The van der Waals surface area contributed by atoms with Crippen molar-refractivity contribution in [2.75, 3.05) is 11.9 Å². The molecule has 0 unspecified atom stereocenters. The highest BCUT2D eigenvalue weighted by Crippen LogP contribution is 2.16. The number of phenolic OH excluding ortho intramolecular Hbond substituents is 1. The number of anilines is 1. The molecule has 0 aliphatic rings. The fraction of sp³-hybridized carbons (Fsp3) is 0.118. The number of benzene rings is 2. The molecule has 2 rings (SSSR count). The van der Waals surface area contributed by atoms with Crippen LogP contribution < -0.4 is 10.1 Å². The lowest BCUT2D eigenvalue weighted by molar-refractivity contribution is -0.111. The van der Waals surface area contributed by atoms with Crippen molar-refractivity contribution in [3.05, 3.63) is 60.2 Å². The summed E-state index contributed by atoms with van der Waals surface area (Å²) in [6.45, 7) is 2.53. The summed E-state index contributed by atoms with van der Waals surface area (Å²) in [4.78, 5) is 11.8. The molecule has 2 aromatic carbocycles. The topological polar surface area (TPSA) is 58.6 Å². The first-order chi connectivity index (χ1) is 10.2. The zero-order valence-corrected chi connectivity index (χ0v) is 11.7. The molecule has 108 valence electrons. The molecule has 0 fully saturated rings. The first-order valence-electron chi connectivity index (χ1n) is 6.68. The molecular weight excluding hydrogens is 266 g/mol. The second kappa shape index (κ2) is 7.14. The van der Waals surface area contributed by atoms with Crippen molar-refractivity contribution in [1.82, 2.24) is 0 Å². The maximum absolute atomic E-state index is 11.8. The average Bonchev–Trinajstić information content (AvgIpc) is 2.49. The van der Waals surface area contributed by atoms with Gasteiger partial charge in [-0.2, -0.15) is 0 Å². The molecule has 0 spiro atoms. The number of aromatic hydroxyl groups is 1. The molecule has 0 heterocycles. The molecule has 21 heavy (non-hydrogen) atoms. The Morgan fingerprint density at radius 2 is 1.81 bits per heavy atom. The van der Waals surface area contributed by atoms with Gasteiger partial charge in [0.1, 0.15) is 11.5 Å². The first-order valence-corrected chi connectivity index (χ1v) is 6.68. The summed E-state index contributed by atoms with van der Waals surface area (Å²) < 4.78 is 5.33. The number of nitrogens with one attached hydrogen (secondary N) is 1. The Morgan fingerprint density at radius 3 is 2.43 bits per heavy atom. The standard InChI is InChI=1S/C17H17NO3/c1-2-21-16-10-6-14(7-11-16)18-17(20)12-5-13-3-8-15(19)9-4-13/h3-12,19H,2H2,1H3,(H,18,20). The molecule has 0 radical (unpaired) electrons. The summed E-state index contributed by atoms with van der Waals surface area (Å²) in [5, 5.41) is 11.9. The van der Waals surface area contributed by atoms with Crippen molar-refractivity contribution in [3.8, 4) is 11.5 Å². The van der Waals surface area contributed by atoms with Gasteiger partial charge in [-0.05, 0) is 55.0 Å². The van der Waals surface area contributed by atoms with Crippen LogP contribution in [-0.2, 0) is 4.79 Å². The molecule has 1 amide bonds. The van der Waals surface area contributed by atoms with Gasteiger partial charge in [0.25, 0.3) is 0 Å². The van der Waals surface area contributed by atoms with Crippen LogP contribution in [0.5, 0.6) is 11.5 Å². The zero-order chi connectivity index (χ0) is 15.1. The van der Waals surface area contributed by atoms with Gasteiger partial charge in [0.05, 0.1) is 6.61 Å². The van der Waals surface area contributed by atoms with Crippen LogP contribution in [0.1, 0.15) is 12.5 Å². The van der Waals surface area contributed by atoms with Crippen molar-refractivity contribution >= 4 is 17.7 Å². The van der Waals surface area contributed by atoms with E-state index in [2.05, 4.69) is 5.32 Å². The molecule has 0 aromatic heterocycles. The predicted octanol–water partition coefficient (Wildman–Crippen LogP) is 3.44. The van der Waals surface area contributed by atoms with Crippen LogP contribution in [0.2, 0.25) is 0 Å². The number of rotatable bonds is 5. The Balaban J connectivity index is 1.93. The van der Waals surface area contributed by atoms with Gasteiger partial charge in [-0.3, -0.25) is 4.79 Å². The molecule has 0 saturated carbocycles. The van der Waals surface area contributed by atoms with E-state index < -0.39 is 0 Å². The lowest BCUT2D eigenvalue weighted by atomic mass is 10.2. The molecule has 0 aliphatic heterocycles. The van der Waals surface area contributed by atoms with Crippen molar-refractivity contribution in [2.24, 2.45) is 0 Å². The average molecular weight is 283 g/mol. The summed E-state index contributed by atoms with van der Waals surface area (Å²) in [5.74, 6) is 0.758. The summed E-state index contributed by atoms with van der Waals surface area (Å²) in [6, 6.07) is 13.8. The largest absolute Gasteiger partial charge is 0.508 e. The van der Waals surface area contributed by atoms with Crippen LogP contribution in [0.25, 0.3) is 6.08 Å². The summed E-state index contributed by atoms with van der Waals surface area (Å²) in [7, 11) is 0. The number of amides is 1. The minimum absolute atomic E-state index is 0.200. The lowest BCUT2D eigenvalue weighted by Crippen LogP contribution is -2.07. The third-order valence-electron chi connectivity index (χ3n) is 2.75. The van der Waals surface area contributed by atoms with Gasteiger partial charge < -0.3 is 15.2 Å². The summed E-state index contributed by atoms with van der Waals surface area (Å²) in [6.07, 6.45) is 3.13. The first kappa shape index (κ1) is 14.7. The van der Waals surface area contributed by atoms with Crippen LogP contribution >= 0.6 is 0 Å². The minimum atomic E-state index is -0.216. The molecular formula is C17H17NO3. The second-order valence-electron chi connectivity index (χ2n) is 4.37. The number of hydrogen-bond donors (Lipinski definition) is 2. The summed E-state index contributed by atoms with van der Waals surface area (Å²) in [5.41, 5.74) is 1.55. The number of carbonyl (C=O) groups excluding carboxylic acids is 1. The Labute approximate surface area is 123 Å². The third-order valence-corrected chi connectivity index (χ3v) is 2.75. The van der Waals surface area contributed by atoms with E-state index in [1.807, 2.05) is 19.1 Å². The maximum Gasteiger partial charge on any atom is 0.248 e. The number of phenols is 1. The van der Waals surface area contributed by atoms with E-state index in [-0.39, 0.29) is 11.7 Å². The third kappa shape index (κ3) is 4.69. The Morgan fingerprint density at radius 1 is 1.14 bits per heavy atom. The maximum atomic E-state index is 11.8.